The van der Waals surface area contributed by atoms with E-state index in [0.717, 1.165) is 6.42 Å². The number of nitrogens with one attached hydrogen (secondary N) is 1. The summed E-state index contributed by atoms with van der Waals surface area (Å²) in [5.41, 5.74) is 6.77. The second-order valence-corrected chi connectivity index (χ2v) is 5.42. The zero-order valence-corrected chi connectivity index (χ0v) is 13.0. The van der Waals surface area contributed by atoms with Gasteiger partial charge in [-0.15, -0.1) is 0 Å². The monoisotopic (exact) mass is 293 g/mol. The van der Waals surface area contributed by atoms with Crippen LogP contribution < -0.4 is 11.1 Å². The van der Waals surface area contributed by atoms with E-state index in [1.54, 1.807) is 6.92 Å². The maximum Gasteiger partial charge on any atom is 0.340 e. The van der Waals surface area contributed by atoms with Gasteiger partial charge in [0.15, 0.2) is 6.10 Å². The third-order valence-electron chi connectivity index (χ3n) is 3.00. The number of nitrogens with zero attached hydrogens (tertiary/aromatic N) is 1. The molecule has 21 heavy (non-hydrogen) atoms. The number of anilines is 1. The molecule has 0 aliphatic heterocycles. The molecule has 0 fully saturated rings. The van der Waals surface area contributed by atoms with Gasteiger partial charge in [0.05, 0.1) is 23.1 Å². The molecule has 1 rings (SSSR count). The van der Waals surface area contributed by atoms with Crippen LogP contribution in [0.15, 0.2) is 12.3 Å². The lowest BCUT2D eigenvalue weighted by Gasteiger charge is -2.14. The van der Waals surface area contributed by atoms with Crippen molar-refractivity contribution in [3.05, 3.63) is 23.5 Å². The maximum atomic E-state index is 12.0. The molecule has 1 aromatic rings. The van der Waals surface area contributed by atoms with Crippen LogP contribution >= 0.6 is 0 Å². The summed E-state index contributed by atoms with van der Waals surface area (Å²) < 4.78 is 5.15. The number of amides is 1. The molecule has 116 valence electrons. The van der Waals surface area contributed by atoms with Crippen molar-refractivity contribution in [2.45, 2.75) is 40.2 Å². The Labute approximate surface area is 125 Å². The van der Waals surface area contributed by atoms with Crippen molar-refractivity contribution in [3.8, 4) is 0 Å². The van der Waals surface area contributed by atoms with Gasteiger partial charge < -0.3 is 15.8 Å². The van der Waals surface area contributed by atoms with E-state index in [2.05, 4.69) is 24.1 Å². The molecule has 1 atom stereocenters. The van der Waals surface area contributed by atoms with Gasteiger partial charge in [-0.3, -0.25) is 9.78 Å². The molecule has 1 unspecified atom stereocenters. The largest absolute Gasteiger partial charge is 0.449 e. The van der Waals surface area contributed by atoms with Crippen molar-refractivity contribution in [3.63, 3.8) is 0 Å². The lowest BCUT2D eigenvalue weighted by atomic mass is 10.1. The summed E-state index contributed by atoms with van der Waals surface area (Å²) in [5.74, 6) is -0.401. The highest BCUT2D eigenvalue weighted by Gasteiger charge is 2.20. The molecule has 1 heterocycles. The first-order valence-electron chi connectivity index (χ1n) is 7.02. The summed E-state index contributed by atoms with van der Waals surface area (Å²) in [6.07, 6.45) is 1.49. The highest BCUT2D eigenvalue weighted by atomic mass is 16.5. The third-order valence-corrected chi connectivity index (χ3v) is 3.00. The summed E-state index contributed by atoms with van der Waals surface area (Å²) in [6.45, 7) is 7.94. The minimum absolute atomic E-state index is 0.275. The number of carbonyl (C=O) groups excluding carboxylic acids is 2. The summed E-state index contributed by atoms with van der Waals surface area (Å²) in [5, 5.41) is 2.74. The van der Waals surface area contributed by atoms with Gasteiger partial charge in [-0.05, 0) is 32.3 Å². The molecule has 3 N–H and O–H groups in total. The molecule has 1 aromatic heterocycles. The Kier molecular flexibility index (Phi) is 6.14. The van der Waals surface area contributed by atoms with Crippen molar-refractivity contribution in [1.82, 2.24) is 10.3 Å². The molecule has 0 aromatic carbocycles. The van der Waals surface area contributed by atoms with E-state index in [-0.39, 0.29) is 11.5 Å². The summed E-state index contributed by atoms with van der Waals surface area (Å²) in [7, 11) is 0. The zero-order valence-electron chi connectivity index (χ0n) is 13.0. The second-order valence-electron chi connectivity index (χ2n) is 5.42. The molecule has 0 saturated heterocycles. The number of esters is 1. The van der Waals surface area contributed by atoms with Crippen molar-refractivity contribution in [2.75, 3.05) is 12.3 Å². The number of pyridine rings is 1. The minimum atomic E-state index is -0.856. The fourth-order valence-corrected chi connectivity index (χ4v) is 1.66. The third kappa shape index (κ3) is 5.41. The van der Waals surface area contributed by atoms with E-state index >= 15 is 0 Å². The van der Waals surface area contributed by atoms with Crippen LogP contribution in [-0.4, -0.2) is 29.5 Å². The van der Waals surface area contributed by atoms with Gasteiger partial charge in [-0.1, -0.05) is 13.8 Å². The van der Waals surface area contributed by atoms with E-state index in [0.29, 0.717) is 23.8 Å². The highest BCUT2D eigenvalue weighted by Crippen LogP contribution is 2.12. The first-order valence-corrected chi connectivity index (χ1v) is 7.02. The van der Waals surface area contributed by atoms with Gasteiger partial charge >= 0.3 is 5.97 Å². The van der Waals surface area contributed by atoms with Gasteiger partial charge in [0.2, 0.25) is 0 Å². The van der Waals surface area contributed by atoms with Crippen LogP contribution in [0, 0.1) is 12.8 Å². The molecular weight excluding hydrogens is 270 g/mol. The molecule has 0 saturated carbocycles. The number of aromatic nitrogens is 1. The van der Waals surface area contributed by atoms with Crippen LogP contribution in [-0.2, 0) is 9.53 Å². The van der Waals surface area contributed by atoms with Crippen LogP contribution in [0.1, 0.15) is 43.2 Å². The second kappa shape index (κ2) is 7.61. The Hall–Kier alpha value is -2.11. The Bertz CT molecular complexity index is 515. The van der Waals surface area contributed by atoms with Gasteiger partial charge in [-0.2, -0.15) is 0 Å². The number of nitrogen functional groups attached to an aromatic ring is 1. The number of aryl methyl sites for hydroxylation is 1. The Morgan fingerprint density at radius 3 is 2.67 bits per heavy atom. The van der Waals surface area contributed by atoms with Crippen LogP contribution in [0.2, 0.25) is 0 Å². The summed E-state index contributed by atoms with van der Waals surface area (Å²) in [6, 6.07) is 1.49. The number of carbonyl (C=O) groups is 2. The molecule has 0 spiro atoms. The van der Waals surface area contributed by atoms with Gasteiger partial charge in [0.1, 0.15) is 0 Å². The van der Waals surface area contributed by atoms with Crippen molar-refractivity contribution in [1.29, 1.82) is 0 Å². The van der Waals surface area contributed by atoms with Crippen LogP contribution in [0.5, 0.6) is 0 Å². The molecule has 6 heteroatoms. The van der Waals surface area contributed by atoms with E-state index in [9.17, 15) is 9.59 Å². The van der Waals surface area contributed by atoms with Gasteiger partial charge in [0.25, 0.3) is 5.91 Å². The SMILES string of the molecule is Cc1ncc(N)cc1C(=O)OC(C)C(=O)NCCC(C)C. The smallest absolute Gasteiger partial charge is 0.340 e. The van der Waals surface area contributed by atoms with Gasteiger partial charge in [-0.25, -0.2) is 4.79 Å². The number of ether oxygens (including phenoxy) is 1. The summed E-state index contributed by atoms with van der Waals surface area (Å²) >= 11 is 0. The topological polar surface area (TPSA) is 94.3 Å². The predicted molar refractivity (Wildman–Crippen MR) is 80.7 cm³/mol. The fraction of sp³-hybridized carbons (Fsp3) is 0.533. The number of nitrogens with two attached hydrogens (primary N) is 1. The molecule has 1 amide bonds. The molecule has 0 aliphatic carbocycles. The lowest BCUT2D eigenvalue weighted by molar-refractivity contribution is -0.129. The number of rotatable bonds is 6. The maximum absolute atomic E-state index is 12.0. The van der Waals surface area contributed by atoms with Crippen LogP contribution in [0.25, 0.3) is 0 Å². The average molecular weight is 293 g/mol. The standard InChI is InChI=1S/C15H23N3O3/c1-9(2)5-6-17-14(19)11(4)21-15(20)13-7-12(16)8-18-10(13)3/h7-9,11H,5-6,16H2,1-4H3,(H,17,19). The Morgan fingerprint density at radius 2 is 2.05 bits per heavy atom. The molecular formula is C15H23N3O3. The van der Waals surface area contributed by atoms with E-state index < -0.39 is 12.1 Å². The quantitative estimate of drug-likeness (QED) is 0.778. The number of hydrogen-bond donors (Lipinski definition) is 2. The average Bonchev–Trinajstić information content (AvgIpc) is 2.40. The minimum Gasteiger partial charge on any atom is -0.449 e. The molecule has 0 aliphatic rings. The Balaban J connectivity index is 2.57. The molecule has 6 nitrogen and oxygen atoms in total. The van der Waals surface area contributed by atoms with Crippen LogP contribution in [0.4, 0.5) is 5.69 Å². The Morgan fingerprint density at radius 1 is 1.38 bits per heavy atom. The van der Waals surface area contributed by atoms with E-state index in [4.69, 9.17) is 10.5 Å². The lowest BCUT2D eigenvalue weighted by Crippen LogP contribution is -2.36. The highest BCUT2D eigenvalue weighted by molar-refractivity contribution is 5.93. The predicted octanol–water partition coefficient (Wildman–Crippen LogP) is 1.68. The van der Waals surface area contributed by atoms with Crippen LogP contribution in [0.3, 0.4) is 0 Å². The van der Waals surface area contributed by atoms with E-state index in [1.165, 1.54) is 19.2 Å². The van der Waals surface area contributed by atoms with Crippen molar-refractivity contribution in [2.24, 2.45) is 5.92 Å². The first-order chi connectivity index (χ1) is 9.81. The normalized spacial score (nSPS) is 12.0. The van der Waals surface area contributed by atoms with Crippen molar-refractivity contribution < 1.29 is 14.3 Å². The molecule has 0 radical (unpaired) electrons. The van der Waals surface area contributed by atoms with E-state index in [1.807, 2.05) is 0 Å². The summed E-state index contributed by atoms with van der Waals surface area (Å²) in [4.78, 5) is 27.8. The number of hydrogen-bond acceptors (Lipinski definition) is 5. The fourth-order valence-electron chi connectivity index (χ4n) is 1.66. The molecule has 0 bridgehead atoms. The first kappa shape index (κ1) is 16.9. The van der Waals surface area contributed by atoms with Gasteiger partial charge in [0, 0.05) is 6.54 Å². The van der Waals surface area contributed by atoms with Crippen molar-refractivity contribution >= 4 is 17.6 Å². The zero-order chi connectivity index (χ0) is 16.0.